The molecule has 2 amide bonds. The van der Waals surface area contributed by atoms with Crippen molar-refractivity contribution in [1.29, 1.82) is 0 Å². The minimum absolute atomic E-state index is 0.129. The van der Waals surface area contributed by atoms with Crippen molar-refractivity contribution in [3.05, 3.63) is 28.8 Å². The van der Waals surface area contributed by atoms with Crippen molar-refractivity contribution in [3.8, 4) is 0 Å². The zero-order chi connectivity index (χ0) is 14.4. The highest BCUT2D eigenvalue weighted by Crippen LogP contribution is 2.21. The van der Waals surface area contributed by atoms with Gasteiger partial charge in [0.15, 0.2) is 0 Å². The summed E-state index contributed by atoms with van der Waals surface area (Å²) in [5.74, 6) is -0.601. The molecule has 1 aromatic rings. The van der Waals surface area contributed by atoms with E-state index in [9.17, 15) is 9.59 Å². The van der Waals surface area contributed by atoms with E-state index < -0.39 is 0 Å². The van der Waals surface area contributed by atoms with Crippen molar-refractivity contribution in [3.63, 3.8) is 0 Å². The normalized spacial score (nSPS) is 11.8. The lowest BCUT2D eigenvalue weighted by Gasteiger charge is -2.12. The average molecular weight is 284 g/mol. The summed E-state index contributed by atoms with van der Waals surface area (Å²) in [6, 6.07) is 4.78. The first kappa shape index (κ1) is 15.5. The first-order valence-corrected chi connectivity index (χ1v) is 6.40. The summed E-state index contributed by atoms with van der Waals surface area (Å²) in [6.07, 6.45) is 0.613. The van der Waals surface area contributed by atoms with Crippen LogP contribution in [0.4, 0.5) is 5.69 Å². The Bertz CT molecular complexity index is 477. The third kappa shape index (κ3) is 4.22. The Morgan fingerprint density at radius 3 is 2.68 bits per heavy atom. The highest BCUT2D eigenvalue weighted by molar-refractivity contribution is 6.34. The fraction of sp³-hybridized carbons (Fsp3) is 0.385. The molecule has 0 bridgehead atoms. The minimum Gasteiger partial charge on any atom is -0.355 e. The van der Waals surface area contributed by atoms with Crippen LogP contribution < -0.4 is 16.4 Å². The van der Waals surface area contributed by atoms with Gasteiger partial charge in [-0.25, -0.2) is 0 Å². The van der Waals surface area contributed by atoms with E-state index in [1.54, 1.807) is 25.1 Å². The summed E-state index contributed by atoms with van der Waals surface area (Å²) in [7, 11) is 1.52. The van der Waals surface area contributed by atoms with Crippen LogP contribution >= 0.6 is 11.6 Å². The summed E-state index contributed by atoms with van der Waals surface area (Å²) in [5, 5.41) is 5.57. The quantitative estimate of drug-likeness (QED) is 0.768. The van der Waals surface area contributed by atoms with E-state index in [1.165, 1.54) is 7.05 Å². The number of hydrogen-bond acceptors (Lipinski definition) is 3. The molecular formula is C13H18ClN3O2. The van der Waals surface area contributed by atoms with Crippen LogP contribution in [0.3, 0.4) is 0 Å². The van der Waals surface area contributed by atoms with Crippen molar-refractivity contribution in [1.82, 2.24) is 5.32 Å². The fourth-order valence-electron chi connectivity index (χ4n) is 1.56. The molecule has 0 aliphatic heterocycles. The van der Waals surface area contributed by atoms with Crippen molar-refractivity contribution >= 4 is 29.1 Å². The molecule has 0 aromatic heterocycles. The lowest BCUT2D eigenvalue weighted by Crippen LogP contribution is -2.23. The van der Waals surface area contributed by atoms with Crippen molar-refractivity contribution < 1.29 is 9.59 Å². The molecule has 4 N–H and O–H groups in total. The van der Waals surface area contributed by atoms with Crippen molar-refractivity contribution in [2.45, 2.75) is 13.3 Å². The third-order valence-corrected chi connectivity index (χ3v) is 3.08. The van der Waals surface area contributed by atoms with Crippen LogP contribution in [0, 0.1) is 5.92 Å². The van der Waals surface area contributed by atoms with E-state index in [0.717, 1.165) is 0 Å². The van der Waals surface area contributed by atoms with Crippen LogP contribution in [-0.4, -0.2) is 25.4 Å². The van der Waals surface area contributed by atoms with E-state index in [2.05, 4.69) is 10.6 Å². The molecule has 0 aliphatic carbocycles. The molecule has 6 heteroatoms. The number of carbonyl (C=O) groups is 2. The van der Waals surface area contributed by atoms with E-state index in [-0.39, 0.29) is 17.7 Å². The predicted octanol–water partition coefficient (Wildman–Crippen LogP) is 1.62. The fourth-order valence-corrected chi connectivity index (χ4v) is 1.76. The van der Waals surface area contributed by atoms with Gasteiger partial charge in [-0.3, -0.25) is 9.59 Å². The molecule has 0 saturated carbocycles. The Hall–Kier alpha value is -1.59. The van der Waals surface area contributed by atoms with Crippen molar-refractivity contribution in [2.24, 2.45) is 11.7 Å². The van der Waals surface area contributed by atoms with Gasteiger partial charge in [0, 0.05) is 18.7 Å². The lowest BCUT2D eigenvalue weighted by atomic mass is 10.1. The molecule has 1 atom stereocenters. The van der Waals surface area contributed by atoms with E-state index >= 15 is 0 Å². The number of hydrogen-bond donors (Lipinski definition) is 3. The Kier molecular flexibility index (Phi) is 5.79. The molecule has 1 rings (SSSR count). The van der Waals surface area contributed by atoms with Gasteiger partial charge < -0.3 is 16.4 Å². The SMILES string of the molecule is CNC(=O)c1cc(NC(=O)C(C)CCN)ccc1Cl. The van der Waals surface area contributed by atoms with E-state index in [0.29, 0.717) is 29.2 Å². The molecule has 104 valence electrons. The molecule has 0 radical (unpaired) electrons. The zero-order valence-electron chi connectivity index (χ0n) is 11.0. The van der Waals surface area contributed by atoms with Crippen LogP contribution in [-0.2, 0) is 4.79 Å². The van der Waals surface area contributed by atoms with Gasteiger partial charge in [-0.15, -0.1) is 0 Å². The average Bonchev–Trinajstić information content (AvgIpc) is 2.40. The number of amides is 2. The van der Waals surface area contributed by atoms with Crippen LogP contribution in [0.2, 0.25) is 5.02 Å². The Morgan fingerprint density at radius 1 is 1.42 bits per heavy atom. The molecule has 5 nitrogen and oxygen atoms in total. The van der Waals surface area contributed by atoms with Crippen molar-refractivity contribution in [2.75, 3.05) is 18.9 Å². The van der Waals surface area contributed by atoms with Gasteiger partial charge in [-0.05, 0) is 31.2 Å². The van der Waals surface area contributed by atoms with Gasteiger partial charge in [-0.1, -0.05) is 18.5 Å². The molecule has 1 aromatic carbocycles. The second-order valence-electron chi connectivity index (χ2n) is 4.24. The second-order valence-corrected chi connectivity index (χ2v) is 4.65. The number of nitrogens with two attached hydrogens (primary N) is 1. The number of rotatable bonds is 5. The molecule has 0 fully saturated rings. The second kappa shape index (κ2) is 7.11. The molecule has 0 aliphatic rings. The summed E-state index contributed by atoms with van der Waals surface area (Å²) >= 11 is 5.93. The Balaban J connectivity index is 2.85. The summed E-state index contributed by atoms with van der Waals surface area (Å²) in [5.41, 5.74) is 6.28. The molecule has 0 saturated heterocycles. The largest absolute Gasteiger partial charge is 0.355 e. The number of halogens is 1. The topological polar surface area (TPSA) is 84.2 Å². The highest BCUT2D eigenvalue weighted by Gasteiger charge is 2.14. The number of nitrogens with one attached hydrogen (secondary N) is 2. The maximum atomic E-state index is 11.8. The molecule has 19 heavy (non-hydrogen) atoms. The number of benzene rings is 1. The van der Waals surface area contributed by atoms with Gasteiger partial charge in [0.1, 0.15) is 0 Å². The Morgan fingerprint density at radius 2 is 2.11 bits per heavy atom. The monoisotopic (exact) mass is 283 g/mol. The first-order valence-electron chi connectivity index (χ1n) is 6.02. The van der Waals surface area contributed by atoms with Gasteiger partial charge in [0.05, 0.1) is 10.6 Å². The van der Waals surface area contributed by atoms with Gasteiger partial charge in [-0.2, -0.15) is 0 Å². The van der Waals surface area contributed by atoms with E-state index in [1.807, 2.05) is 0 Å². The molecule has 1 unspecified atom stereocenters. The van der Waals surface area contributed by atoms with Gasteiger partial charge >= 0.3 is 0 Å². The van der Waals surface area contributed by atoms with E-state index in [4.69, 9.17) is 17.3 Å². The summed E-state index contributed by atoms with van der Waals surface area (Å²) in [4.78, 5) is 23.4. The number of anilines is 1. The Labute approximate surface area is 117 Å². The van der Waals surface area contributed by atoms with Gasteiger partial charge in [0.2, 0.25) is 5.91 Å². The highest BCUT2D eigenvalue weighted by atomic mass is 35.5. The molecular weight excluding hydrogens is 266 g/mol. The maximum absolute atomic E-state index is 11.8. The van der Waals surface area contributed by atoms with Crippen LogP contribution in [0.1, 0.15) is 23.7 Å². The molecule has 0 spiro atoms. The van der Waals surface area contributed by atoms with Crippen LogP contribution in [0.5, 0.6) is 0 Å². The first-order chi connectivity index (χ1) is 8.99. The predicted molar refractivity (Wildman–Crippen MR) is 76.3 cm³/mol. The molecule has 0 heterocycles. The standard InChI is InChI=1S/C13H18ClN3O2/c1-8(5-6-15)12(18)17-9-3-4-11(14)10(7-9)13(19)16-2/h3-4,7-8H,5-6,15H2,1-2H3,(H,16,19)(H,17,18). The third-order valence-electron chi connectivity index (χ3n) is 2.75. The maximum Gasteiger partial charge on any atom is 0.252 e. The summed E-state index contributed by atoms with van der Waals surface area (Å²) in [6.45, 7) is 2.26. The smallest absolute Gasteiger partial charge is 0.252 e. The van der Waals surface area contributed by atoms with Crippen LogP contribution in [0.25, 0.3) is 0 Å². The lowest BCUT2D eigenvalue weighted by molar-refractivity contribution is -0.119. The van der Waals surface area contributed by atoms with Gasteiger partial charge in [0.25, 0.3) is 5.91 Å². The minimum atomic E-state index is -0.295. The number of carbonyl (C=O) groups excluding carboxylic acids is 2. The summed E-state index contributed by atoms with van der Waals surface area (Å²) < 4.78 is 0. The zero-order valence-corrected chi connectivity index (χ0v) is 11.8. The van der Waals surface area contributed by atoms with Crippen LogP contribution in [0.15, 0.2) is 18.2 Å².